The predicted molar refractivity (Wildman–Crippen MR) is 74.1 cm³/mol. The van der Waals surface area contributed by atoms with Crippen molar-refractivity contribution < 1.29 is 14.3 Å². The average molecular weight is 282 g/mol. The fourth-order valence-corrected chi connectivity index (χ4v) is 2.46. The molecule has 2 aliphatic rings. The minimum absolute atomic E-state index is 0.224. The van der Waals surface area contributed by atoms with E-state index in [0.29, 0.717) is 30.5 Å². The van der Waals surface area contributed by atoms with Crippen LogP contribution in [-0.4, -0.2) is 62.3 Å². The van der Waals surface area contributed by atoms with Crippen LogP contribution < -0.4 is 16.0 Å². The molecule has 2 heterocycles. The van der Waals surface area contributed by atoms with Crippen LogP contribution in [0.3, 0.4) is 0 Å². The first-order valence-corrected chi connectivity index (χ1v) is 7.00. The van der Waals surface area contributed by atoms with Gasteiger partial charge in [-0.2, -0.15) is 0 Å². The van der Waals surface area contributed by atoms with E-state index in [-0.39, 0.29) is 18.5 Å². The molecule has 0 aromatic heterocycles. The molecule has 2 rings (SSSR count). The second kappa shape index (κ2) is 6.71. The van der Waals surface area contributed by atoms with Crippen molar-refractivity contribution in [1.29, 1.82) is 0 Å². The summed E-state index contributed by atoms with van der Waals surface area (Å²) in [4.78, 5) is 25.6. The van der Waals surface area contributed by atoms with Gasteiger partial charge in [0.15, 0.2) is 0 Å². The van der Waals surface area contributed by atoms with Gasteiger partial charge in [0.05, 0.1) is 18.7 Å². The lowest BCUT2D eigenvalue weighted by atomic mass is 10.1. The number of rotatable bonds is 4. The SMILES string of the molecule is CCOC(=O)C1=C(CN2CCN[C@H](C)C2)NC(=O)NC1. The number of nitrogens with one attached hydrogen (secondary N) is 3. The number of urea groups is 1. The van der Waals surface area contributed by atoms with Crippen molar-refractivity contribution in [3.05, 3.63) is 11.3 Å². The van der Waals surface area contributed by atoms with Crippen LogP contribution in [0.1, 0.15) is 13.8 Å². The number of piperazine rings is 1. The number of carbonyl (C=O) groups is 2. The van der Waals surface area contributed by atoms with Gasteiger partial charge in [0.25, 0.3) is 0 Å². The summed E-state index contributed by atoms with van der Waals surface area (Å²) < 4.78 is 5.04. The van der Waals surface area contributed by atoms with Crippen molar-refractivity contribution in [2.75, 3.05) is 39.3 Å². The van der Waals surface area contributed by atoms with E-state index >= 15 is 0 Å². The maximum atomic E-state index is 11.9. The molecule has 2 aliphatic heterocycles. The first kappa shape index (κ1) is 14.8. The largest absolute Gasteiger partial charge is 0.463 e. The number of nitrogens with zero attached hydrogens (tertiary/aromatic N) is 1. The summed E-state index contributed by atoms with van der Waals surface area (Å²) in [7, 11) is 0. The van der Waals surface area contributed by atoms with Gasteiger partial charge in [-0.25, -0.2) is 9.59 Å². The van der Waals surface area contributed by atoms with Crippen LogP contribution in [-0.2, 0) is 9.53 Å². The quantitative estimate of drug-likeness (QED) is 0.600. The van der Waals surface area contributed by atoms with E-state index in [9.17, 15) is 9.59 Å². The molecule has 1 fully saturated rings. The molecule has 0 aliphatic carbocycles. The fraction of sp³-hybridized carbons (Fsp3) is 0.692. The van der Waals surface area contributed by atoms with Crippen molar-refractivity contribution in [1.82, 2.24) is 20.9 Å². The van der Waals surface area contributed by atoms with Gasteiger partial charge in [-0.15, -0.1) is 0 Å². The van der Waals surface area contributed by atoms with Crippen LogP contribution in [0.4, 0.5) is 4.79 Å². The van der Waals surface area contributed by atoms with Crippen LogP contribution in [0.2, 0.25) is 0 Å². The zero-order valence-electron chi connectivity index (χ0n) is 12.0. The molecule has 7 nitrogen and oxygen atoms in total. The Balaban J connectivity index is 2.09. The highest BCUT2D eigenvalue weighted by Gasteiger charge is 2.26. The second-order valence-corrected chi connectivity index (χ2v) is 5.08. The summed E-state index contributed by atoms with van der Waals surface area (Å²) in [5.41, 5.74) is 1.17. The molecular weight excluding hydrogens is 260 g/mol. The third-order valence-corrected chi connectivity index (χ3v) is 3.41. The second-order valence-electron chi connectivity index (χ2n) is 5.08. The fourth-order valence-electron chi connectivity index (χ4n) is 2.46. The summed E-state index contributed by atoms with van der Waals surface area (Å²) in [6.45, 7) is 7.70. The molecule has 0 saturated carbocycles. The lowest BCUT2D eigenvalue weighted by molar-refractivity contribution is -0.138. The highest BCUT2D eigenvalue weighted by molar-refractivity contribution is 5.93. The smallest absolute Gasteiger partial charge is 0.337 e. The van der Waals surface area contributed by atoms with E-state index < -0.39 is 0 Å². The van der Waals surface area contributed by atoms with Gasteiger partial charge in [-0.3, -0.25) is 4.90 Å². The maximum absolute atomic E-state index is 11.9. The van der Waals surface area contributed by atoms with Gasteiger partial charge in [0.2, 0.25) is 0 Å². The van der Waals surface area contributed by atoms with Crippen molar-refractivity contribution >= 4 is 12.0 Å². The molecule has 112 valence electrons. The lowest BCUT2D eigenvalue weighted by Gasteiger charge is -2.33. The first-order chi connectivity index (χ1) is 9.60. The van der Waals surface area contributed by atoms with Gasteiger partial charge in [-0.05, 0) is 13.8 Å². The van der Waals surface area contributed by atoms with E-state index in [1.54, 1.807) is 6.92 Å². The zero-order chi connectivity index (χ0) is 14.5. The summed E-state index contributed by atoms with van der Waals surface area (Å²) in [6, 6.07) is 0.143. The Labute approximate surface area is 118 Å². The third-order valence-electron chi connectivity index (χ3n) is 3.41. The molecule has 1 atom stereocenters. The van der Waals surface area contributed by atoms with Crippen molar-refractivity contribution in [2.45, 2.75) is 19.9 Å². The number of hydrogen-bond donors (Lipinski definition) is 3. The number of hydrogen-bond acceptors (Lipinski definition) is 5. The monoisotopic (exact) mass is 282 g/mol. The van der Waals surface area contributed by atoms with Crippen LogP contribution in [0.25, 0.3) is 0 Å². The molecule has 3 N–H and O–H groups in total. The summed E-state index contributed by atoms with van der Waals surface area (Å²) >= 11 is 0. The molecule has 20 heavy (non-hydrogen) atoms. The van der Waals surface area contributed by atoms with Gasteiger partial charge in [0.1, 0.15) is 0 Å². The third kappa shape index (κ3) is 3.71. The molecule has 0 aromatic carbocycles. The number of carbonyl (C=O) groups excluding carboxylic acids is 2. The molecule has 2 amide bonds. The van der Waals surface area contributed by atoms with Crippen LogP contribution in [0, 0.1) is 0 Å². The molecule has 0 unspecified atom stereocenters. The predicted octanol–water partition coefficient (Wildman–Crippen LogP) is -0.590. The van der Waals surface area contributed by atoms with Crippen LogP contribution in [0.5, 0.6) is 0 Å². The standard InChI is InChI=1S/C13H22N4O3/c1-3-20-12(18)10-6-15-13(19)16-11(10)8-17-5-4-14-9(2)7-17/h9,14H,3-8H2,1-2H3,(H2,15,16,19)/t9-/m1/s1. The van der Waals surface area contributed by atoms with E-state index in [0.717, 1.165) is 19.6 Å². The highest BCUT2D eigenvalue weighted by atomic mass is 16.5. The maximum Gasteiger partial charge on any atom is 0.337 e. The first-order valence-electron chi connectivity index (χ1n) is 7.00. The van der Waals surface area contributed by atoms with Crippen LogP contribution in [0.15, 0.2) is 11.3 Å². The highest BCUT2D eigenvalue weighted by Crippen LogP contribution is 2.11. The Kier molecular flexibility index (Phi) is 4.97. The number of amides is 2. The Morgan fingerprint density at radius 3 is 3.00 bits per heavy atom. The molecule has 0 spiro atoms. The van der Waals surface area contributed by atoms with Gasteiger partial charge in [0, 0.05) is 37.9 Å². The Bertz CT molecular complexity index is 422. The summed E-state index contributed by atoms with van der Waals surface area (Å²) in [5.74, 6) is -0.363. The number of esters is 1. The van der Waals surface area contributed by atoms with Gasteiger partial charge >= 0.3 is 12.0 Å². The molecule has 7 heteroatoms. The Morgan fingerprint density at radius 2 is 2.30 bits per heavy atom. The lowest BCUT2D eigenvalue weighted by Crippen LogP contribution is -2.52. The summed E-state index contributed by atoms with van der Waals surface area (Å²) in [6.07, 6.45) is 0. The number of ether oxygens (including phenoxy) is 1. The average Bonchev–Trinajstić information content (AvgIpc) is 2.39. The Morgan fingerprint density at radius 1 is 1.50 bits per heavy atom. The topological polar surface area (TPSA) is 82.7 Å². The normalized spacial score (nSPS) is 24.1. The molecule has 0 bridgehead atoms. The van der Waals surface area contributed by atoms with E-state index in [4.69, 9.17) is 4.74 Å². The van der Waals surface area contributed by atoms with E-state index in [2.05, 4.69) is 27.8 Å². The molecule has 0 aromatic rings. The molecule has 0 radical (unpaired) electrons. The van der Waals surface area contributed by atoms with E-state index in [1.807, 2.05) is 0 Å². The van der Waals surface area contributed by atoms with Gasteiger partial charge < -0.3 is 20.7 Å². The molecule has 1 saturated heterocycles. The minimum Gasteiger partial charge on any atom is -0.463 e. The Hall–Kier alpha value is -1.60. The van der Waals surface area contributed by atoms with Crippen LogP contribution >= 0.6 is 0 Å². The van der Waals surface area contributed by atoms with Crippen molar-refractivity contribution in [2.24, 2.45) is 0 Å². The van der Waals surface area contributed by atoms with Crippen molar-refractivity contribution in [3.63, 3.8) is 0 Å². The minimum atomic E-state index is -0.363. The molecular formula is C13H22N4O3. The zero-order valence-corrected chi connectivity index (χ0v) is 12.0. The van der Waals surface area contributed by atoms with E-state index in [1.165, 1.54) is 0 Å². The van der Waals surface area contributed by atoms with Crippen molar-refractivity contribution in [3.8, 4) is 0 Å². The summed E-state index contributed by atoms with van der Waals surface area (Å²) in [5, 5.41) is 8.71. The van der Waals surface area contributed by atoms with Gasteiger partial charge in [-0.1, -0.05) is 0 Å².